The largest absolute Gasteiger partial charge is 0.507 e. The van der Waals surface area contributed by atoms with Crippen LogP contribution in [-0.4, -0.2) is 43.5 Å². The van der Waals surface area contributed by atoms with Crippen molar-refractivity contribution in [2.24, 2.45) is 0 Å². The molecular formula is C20H22N4O2S. The molecule has 3 heterocycles. The highest BCUT2D eigenvalue weighted by Gasteiger charge is 2.29. The molecule has 27 heavy (non-hydrogen) atoms. The van der Waals surface area contributed by atoms with Gasteiger partial charge in [0.25, 0.3) is 5.91 Å². The lowest BCUT2D eigenvalue weighted by atomic mass is 9.96. The maximum absolute atomic E-state index is 13.0. The Morgan fingerprint density at radius 2 is 2.26 bits per heavy atom. The van der Waals surface area contributed by atoms with E-state index >= 15 is 0 Å². The normalized spacial score (nSPS) is 17.2. The van der Waals surface area contributed by atoms with Crippen LogP contribution in [0.4, 0.5) is 0 Å². The van der Waals surface area contributed by atoms with E-state index in [2.05, 4.69) is 14.5 Å². The summed E-state index contributed by atoms with van der Waals surface area (Å²) in [5.74, 6) is 1.11. The van der Waals surface area contributed by atoms with E-state index in [4.69, 9.17) is 0 Å². The Balaban J connectivity index is 1.53. The van der Waals surface area contributed by atoms with E-state index in [0.717, 1.165) is 29.9 Å². The van der Waals surface area contributed by atoms with Gasteiger partial charge in [0.1, 0.15) is 11.6 Å². The smallest absolute Gasteiger partial charge is 0.257 e. The second-order valence-electron chi connectivity index (χ2n) is 7.00. The van der Waals surface area contributed by atoms with Crippen molar-refractivity contribution in [2.75, 3.05) is 13.1 Å². The third-order valence-electron chi connectivity index (χ3n) is 5.02. The van der Waals surface area contributed by atoms with Crippen molar-refractivity contribution in [3.8, 4) is 5.75 Å². The first-order chi connectivity index (χ1) is 13.1. The number of carbonyl (C=O) groups is 1. The molecule has 1 fully saturated rings. The van der Waals surface area contributed by atoms with Gasteiger partial charge >= 0.3 is 0 Å². The van der Waals surface area contributed by atoms with Crippen molar-refractivity contribution in [1.82, 2.24) is 19.4 Å². The summed E-state index contributed by atoms with van der Waals surface area (Å²) in [6, 6.07) is 5.15. The molecule has 6 nitrogen and oxygen atoms in total. The maximum atomic E-state index is 13.0. The average Bonchev–Trinajstić information content (AvgIpc) is 3.36. The van der Waals surface area contributed by atoms with Crippen LogP contribution in [0.25, 0.3) is 0 Å². The Kier molecular flexibility index (Phi) is 4.94. The summed E-state index contributed by atoms with van der Waals surface area (Å²) >= 11 is 1.59. The standard InChI is InChI=1S/C20H22N4O2S/c1-14-4-5-18(25)17(9-14)20(26)24-7-2-3-15(10-24)19-21-6-8-23(19)11-16-12-27-13-22-16/h4-6,8-9,12-13,15,25H,2-3,7,10-11H2,1H3. The predicted octanol–water partition coefficient (Wildman–Crippen LogP) is 3.42. The van der Waals surface area contributed by atoms with Crippen LogP contribution in [0.2, 0.25) is 0 Å². The first kappa shape index (κ1) is 17.7. The highest BCUT2D eigenvalue weighted by Crippen LogP contribution is 2.29. The topological polar surface area (TPSA) is 71.2 Å². The Morgan fingerprint density at radius 1 is 1.37 bits per heavy atom. The number of imidazole rings is 1. The average molecular weight is 382 g/mol. The lowest BCUT2D eigenvalue weighted by molar-refractivity contribution is 0.0700. The fourth-order valence-electron chi connectivity index (χ4n) is 3.67. The molecule has 1 unspecified atom stereocenters. The molecule has 0 radical (unpaired) electrons. The predicted molar refractivity (Wildman–Crippen MR) is 104 cm³/mol. The number of aromatic nitrogens is 3. The lowest BCUT2D eigenvalue weighted by Gasteiger charge is -2.33. The summed E-state index contributed by atoms with van der Waals surface area (Å²) < 4.78 is 2.12. The summed E-state index contributed by atoms with van der Waals surface area (Å²) in [5.41, 5.74) is 4.19. The van der Waals surface area contributed by atoms with Gasteiger partial charge in [-0.2, -0.15) is 0 Å². The van der Waals surface area contributed by atoms with Crippen molar-refractivity contribution in [3.63, 3.8) is 0 Å². The number of nitrogens with zero attached hydrogens (tertiary/aromatic N) is 4. The molecule has 0 saturated carbocycles. The van der Waals surface area contributed by atoms with Crippen molar-refractivity contribution >= 4 is 17.2 Å². The number of phenols is 1. The molecule has 0 aliphatic carbocycles. The molecule has 1 aliphatic rings. The summed E-state index contributed by atoms with van der Waals surface area (Å²) in [7, 11) is 0. The van der Waals surface area contributed by atoms with Gasteiger partial charge in [0, 0.05) is 36.8 Å². The molecule has 0 spiro atoms. The molecule has 2 aromatic heterocycles. The molecule has 7 heteroatoms. The number of amides is 1. The summed E-state index contributed by atoms with van der Waals surface area (Å²) in [5, 5.41) is 12.1. The molecule has 1 N–H and O–H groups in total. The number of hydrogen-bond donors (Lipinski definition) is 1. The van der Waals surface area contributed by atoms with Crippen LogP contribution in [0.3, 0.4) is 0 Å². The fraction of sp³-hybridized carbons (Fsp3) is 0.350. The molecule has 1 amide bonds. The summed E-state index contributed by atoms with van der Waals surface area (Å²) in [6.07, 6.45) is 5.71. The van der Waals surface area contributed by atoms with Crippen LogP contribution in [0.5, 0.6) is 5.75 Å². The van der Waals surface area contributed by atoms with E-state index in [1.807, 2.05) is 35.1 Å². The van der Waals surface area contributed by atoms with Gasteiger partial charge in [0.2, 0.25) is 0 Å². The number of thiazole rings is 1. The molecule has 1 aliphatic heterocycles. The third-order valence-corrected chi connectivity index (χ3v) is 5.65. The summed E-state index contributed by atoms with van der Waals surface area (Å²) in [6.45, 7) is 3.93. The Bertz CT molecular complexity index is 935. The van der Waals surface area contributed by atoms with Gasteiger partial charge in [-0.1, -0.05) is 11.6 Å². The van der Waals surface area contributed by atoms with Gasteiger partial charge in [-0.05, 0) is 31.9 Å². The van der Waals surface area contributed by atoms with Gasteiger partial charge in [-0.3, -0.25) is 4.79 Å². The Hall–Kier alpha value is -2.67. The van der Waals surface area contributed by atoms with E-state index in [0.29, 0.717) is 25.2 Å². The van der Waals surface area contributed by atoms with Gasteiger partial charge in [-0.15, -0.1) is 11.3 Å². The maximum Gasteiger partial charge on any atom is 0.257 e. The minimum atomic E-state index is -0.112. The van der Waals surface area contributed by atoms with Crippen molar-refractivity contribution in [3.05, 3.63) is 64.1 Å². The molecule has 4 rings (SSSR count). The van der Waals surface area contributed by atoms with E-state index in [-0.39, 0.29) is 17.6 Å². The van der Waals surface area contributed by atoms with Crippen molar-refractivity contribution in [2.45, 2.75) is 32.2 Å². The lowest BCUT2D eigenvalue weighted by Crippen LogP contribution is -2.39. The monoisotopic (exact) mass is 382 g/mol. The van der Waals surface area contributed by atoms with Crippen LogP contribution in [0, 0.1) is 6.92 Å². The molecule has 0 bridgehead atoms. The minimum absolute atomic E-state index is 0.0396. The van der Waals surface area contributed by atoms with E-state index < -0.39 is 0 Å². The van der Waals surface area contributed by atoms with Gasteiger partial charge in [0.05, 0.1) is 23.3 Å². The number of phenolic OH excluding ortho intramolecular Hbond substituents is 1. The zero-order valence-corrected chi connectivity index (χ0v) is 16.0. The van der Waals surface area contributed by atoms with Crippen LogP contribution in [0.1, 0.15) is 46.2 Å². The fourth-order valence-corrected chi connectivity index (χ4v) is 4.22. The second-order valence-corrected chi connectivity index (χ2v) is 7.72. The van der Waals surface area contributed by atoms with Crippen LogP contribution in [0.15, 0.2) is 41.5 Å². The first-order valence-electron chi connectivity index (χ1n) is 9.09. The second kappa shape index (κ2) is 7.52. The van der Waals surface area contributed by atoms with E-state index in [1.165, 1.54) is 0 Å². The third kappa shape index (κ3) is 3.73. The summed E-state index contributed by atoms with van der Waals surface area (Å²) in [4.78, 5) is 23.7. The number of aromatic hydroxyl groups is 1. The first-order valence-corrected chi connectivity index (χ1v) is 10.0. The van der Waals surface area contributed by atoms with Crippen LogP contribution >= 0.6 is 11.3 Å². The molecule has 1 atom stereocenters. The minimum Gasteiger partial charge on any atom is -0.507 e. The molecular weight excluding hydrogens is 360 g/mol. The SMILES string of the molecule is Cc1ccc(O)c(C(=O)N2CCCC(c3nccn3Cc3cscn3)C2)c1. The number of hydrogen-bond acceptors (Lipinski definition) is 5. The molecule has 1 aromatic carbocycles. The zero-order chi connectivity index (χ0) is 18.8. The molecule has 1 saturated heterocycles. The van der Waals surface area contributed by atoms with Crippen molar-refractivity contribution in [1.29, 1.82) is 0 Å². The number of carbonyl (C=O) groups excluding carboxylic acids is 1. The highest BCUT2D eigenvalue weighted by atomic mass is 32.1. The molecule has 140 valence electrons. The number of likely N-dealkylation sites (tertiary alicyclic amines) is 1. The molecule has 3 aromatic rings. The van der Waals surface area contributed by atoms with Gasteiger partial charge in [0.15, 0.2) is 0 Å². The van der Waals surface area contributed by atoms with Crippen LogP contribution < -0.4 is 0 Å². The Morgan fingerprint density at radius 3 is 3.07 bits per heavy atom. The number of benzene rings is 1. The number of piperidine rings is 1. The van der Waals surface area contributed by atoms with E-state index in [1.54, 1.807) is 29.5 Å². The zero-order valence-electron chi connectivity index (χ0n) is 15.2. The van der Waals surface area contributed by atoms with Gasteiger partial charge in [-0.25, -0.2) is 9.97 Å². The quantitative estimate of drug-likeness (QED) is 0.750. The van der Waals surface area contributed by atoms with Crippen molar-refractivity contribution < 1.29 is 9.90 Å². The van der Waals surface area contributed by atoms with Crippen LogP contribution in [-0.2, 0) is 6.54 Å². The van der Waals surface area contributed by atoms with Gasteiger partial charge < -0.3 is 14.6 Å². The van der Waals surface area contributed by atoms with E-state index in [9.17, 15) is 9.90 Å². The number of aryl methyl sites for hydroxylation is 1. The Labute approximate surface area is 162 Å². The highest BCUT2D eigenvalue weighted by molar-refractivity contribution is 7.07. The number of rotatable bonds is 4.